The lowest BCUT2D eigenvalue weighted by Crippen LogP contribution is -2.35. The summed E-state index contributed by atoms with van der Waals surface area (Å²) in [6.07, 6.45) is 2.62. The van der Waals surface area contributed by atoms with Crippen molar-refractivity contribution in [3.05, 3.63) is 63.7 Å². The standard InChI is InChI=1S/C20H24N2O5/c1-26-19-13-27-18(10-17(19)24)20(25)21-11-14-2-4-15(5-3-14)12-22-8-6-16(23)7-9-22/h2-5,10,13,16,23H,6-9,11-12H2,1H3,(H,21,25). The van der Waals surface area contributed by atoms with Gasteiger partial charge in [0, 0.05) is 32.2 Å². The number of likely N-dealkylation sites (tertiary alicyclic amines) is 1. The minimum absolute atomic E-state index is 0.0512. The van der Waals surface area contributed by atoms with Crippen molar-refractivity contribution in [2.45, 2.75) is 32.0 Å². The Morgan fingerprint density at radius 2 is 1.93 bits per heavy atom. The normalized spacial score (nSPS) is 15.5. The molecule has 7 heteroatoms. The van der Waals surface area contributed by atoms with Crippen LogP contribution < -0.4 is 15.5 Å². The Kier molecular flexibility index (Phi) is 6.26. The smallest absolute Gasteiger partial charge is 0.287 e. The Balaban J connectivity index is 1.51. The van der Waals surface area contributed by atoms with Crippen LogP contribution in [0, 0.1) is 0 Å². The summed E-state index contributed by atoms with van der Waals surface area (Å²) in [4.78, 5) is 26.1. The number of hydrogen-bond donors (Lipinski definition) is 2. The summed E-state index contributed by atoms with van der Waals surface area (Å²) in [6.45, 7) is 3.01. The molecule has 0 unspecified atom stereocenters. The number of piperidine rings is 1. The van der Waals surface area contributed by atoms with Crippen LogP contribution in [0.25, 0.3) is 0 Å². The van der Waals surface area contributed by atoms with Crippen molar-refractivity contribution >= 4 is 5.91 Å². The van der Waals surface area contributed by atoms with Gasteiger partial charge in [-0.05, 0) is 24.0 Å². The van der Waals surface area contributed by atoms with E-state index in [2.05, 4.69) is 10.2 Å². The first-order valence-corrected chi connectivity index (χ1v) is 8.98. The lowest BCUT2D eigenvalue weighted by atomic mass is 10.1. The van der Waals surface area contributed by atoms with Crippen LogP contribution in [0.2, 0.25) is 0 Å². The number of carbonyl (C=O) groups excluding carboxylic acids is 1. The Hall–Kier alpha value is -2.64. The summed E-state index contributed by atoms with van der Waals surface area (Å²) < 4.78 is 9.96. The molecular formula is C20H24N2O5. The van der Waals surface area contributed by atoms with E-state index in [9.17, 15) is 14.7 Å². The monoisotopic (exact) mass is 372 g/mol. The first kappa shape index (κ1) is 19.1. The van der Waals surface area contributed by atoms with Crippen molar-refractivity contribution in [2.75, 3.05) is 20.2 Å². The highest BCUT2D eigenvalue weighted by Gasteiger charge is 2.17. The van der Waals surface area contributed by atoms with Crippen LogP contribution in [-0.2, 0) is 13.1 Å². The number of hydrogen-bond acceptors (Lipinski definition) is 6. The van der Waals surface area contributed by atoms with Gasteiger partial charge in [-0.1, -0.05) is 24.3 Å². The maximum atomic E-state index is 12.1. The van der Waals surface area contributed by atoms with Gasteiger partial charge in [-0.3, -0.25) is 14.5 Å². The van der Waals surface area contributed by atoms with E-state index in [0.717, 1.165) is 50.4 Å². The summed E-state index contributed by atoms with van der Waals surface area (Å²) in [5.41, 5.74) is 1.75. The molecule has 144 valence electrons. The molecule has 1 aliphatic rings. The van der Waals surface area contributed by atoms with Crippen molar-refractivity contribution in [1.82, 2.24) is 10.2 Å². The van der Waals surface area contributed by atoms with Crippen LogP contribution in [0.3, 0.4) is 0 Å². The van der Waals surface area contributed by atoms with E-state index in [-0.39, 0.29) is 17.6 Å². The highest BCUT2D eigenvalue weighted by molar-refractivity contribution is 5.91. The fourth-order valence-electron chi connectivity index (χ4n) is 3.03. The van der Waals surface area contributed by atoms with Crippen molar-refractivity contribution in [1.29, 1.82) is 0 Å². The van der Waals surface area contributed by atoms with Gasteiger partial charge in [-0.25, -0.2) is 0 Å². The second kappa shape index (κ2) is 8.83. The number of benzene rings is 1. The number of nitrogens with one attached hydrogen (secondary N) is 1. The summed E-state index contributed by atoms with van der Waals surface area (Å²) in [7, 11) is 1.37. The molecule has 1 aliphatic heterocycles. The van der Waals surface area contributed by atoms with Gasteiger partial charge in [-0.2, -0.15) is 0 Å². The van der Waals surface area contributed by atoms with E-state index in [1.807, 2.05) is 24.3 Å². The average Bonchev–Trinajstić information content (AvgIpc) is 2.69. The fraction of sp³-hybridized carbons (Fsp3) is 0.400. The number of methoxy groups -OCH3 is 1. The second-order valence-corrected chi connectivity index (χ2v) is 6.68. The number of nitrogens with zero attached hydrogens (tertiary/aromatic N) is 1. The number of rotatable bonds is 6. The Labute approximate surface area is 157 Å². The van der Waals surface area contributed by atoms with Crippen molar-refractivity contribution < 1.29 is 19.1 Å². The van der Waals surface area contributed by atoms with E-state index < -0.39 is 11.3 Å². The van der Waals surface area contributed by atoms with Gasteiger partial charge >= 0.3 is 0 Å². The Bertz CT molecular complexity index is 823. The van der Waals surface area contributed by atoms with Crippen LogP contribution in [0.4, 0.5) is 0 Å². The molecule has 1 saturated heterocycles. The number of carbonyl (C=O) groups is 1. The lowest BCUT2D eigenvalue weighted by Gasteiger charge is -2.29. The highest BCUT2D eigenvalue weighted by Crippen LogP contribution is 2.14. The van der Waals surface area contributed by atoms with Gasteiger partial charge < -0.3 is 19.6 Å². The van der Waals surface area contributed by atoms with Gasteiger partial charge in [0.1, 0.15) is 6.26 Å². The molecule has 2 heterocycles. The molecule has 1 aromatic carbocycles. The third-order valence-electron chi connectivity index (χ3n) is 4.68. The minimum Gasteiger partial charge on any atom is -0.490 e. The average molecular weight is 372 g/mol. The zero-order valence-corrected chi connectivity index (χ0v) is 15.3. The van der Waals surface area contributed by atoms with Crippen molar-refractivity contribution in [3.8, 4) is 5.75 Å². The number of ether oxygens (including phenoxy) is 1. The molecule has 0 radical (unpaired) electrons. The zero-order valence-electron chi connectivity index (χ0n) is 15.3. The number of aliphatic hydroxyl groups is 1. The largest absolute Gasteiger partial charge is 0.490 e. The summed E-state index contributed by atoms with van der Waals surface area (Å²) >= 11 is 0. The zero-order chi connectivity index (χ0) is 19.2. The van der Waals surface area contributed by atoms with Gasteiger partial charge in [-0.15, -0.1) is 0 Å². The van der Waals surface area contributed by atoms with E-state index in [1.54, 1.807) is 0 Å². The van der Waals surface area contributed by atoms with E-state index in [0.29, 0.717) is 6.54 Å². The molecule has 0 saturated carbocycles. The summed E-state index contributed by atoms with van der Waals surface area (Å²) in [5, 5.41) is 12.3. The van der Waals surface area contributed by atoms with Crippen molar-refractivity contribution in [2.24, 2.45) is 0 Å². The fourth-order valence-corrected chi connectivity index (χ4v) is 3.03. The van der Waals surface area contributed by atoms with E-state index in [4.69, 9.17) is 9.15 Å². The van der Waals surface area contributed by atoms with Crippen LogP contribution in [0.1, 0.15) is 34.5 Å². The van der Waals surface area contributed by atoms with Crippen molar-refractivity contribution in [3.63, 3.8) is 0 Å². The molecule has 1 fully saturated rings. The summed E-state index contributed by atoms with van der Waals surface area (Å²) in [6, 6.07) is 9.14. The molecule has 0 bridgehead atoms. The first-order chi connectivity index (χ1) is 13.0. The Morgan fingerprint density at radius 1 is 1.26 bits per heavy atom. The van der Waals surface area contributed by atoms with E-state index in [1.165, 1.54) is 12.7 Å². The van der Waals surface area contributed by atoms with E-state index >= 15 is 0 Å². The molecule has 2 aromatic rings. The molecule has 1 amide bonds. The second-order valence-electron chi connectivity index (χ2n) is 6.68. The quantitative estimate of drug-likeness (QED) is 0.799. The number of amides is 1. The topological polar surface area (TPSA) is 92.0 Å². The number of aliphatic hydroxyl groups excluding tert-OH is 1. The maximum Gasteiger partial charge on any atom is 0.287 e. The van der Waals surface area contributed by atoms with Crippen LogP contribution in [0.15, 0.2) is 45.8 Å². The molecule has 1 aromatic heterocycles. The van der Waals surface area contributed by atoms with Gasteiger partial charge in [0.2, 0.25) is 11.2 Å². The van der Waals surface area contributed by atoms with Crippen LogP contribution >= 0.6 is 0 Å². The molecule has 0 aliphatic carbocycles. The molecule has 2 N–H and O–H groups in total. The molecule has 7 nitrogen and oxygen atoms in total. The first-order valence-electron chi connectivity index (χ1n) is 8.98. The van der Waals surface area contributed by atoms with Gasteiger partial charge in [0.25, 0.3) is 5.91 Å². The maximum absolute atomic E-state index is 12.1. The molecule has 27 heavy (non-hydrogen) atoms. The predicted octanol–water partition coefficient (Wildman–Crippen LogP) is 1.54. The third kappa shape index (κ3) is 5.18. The highest BCUT2D eigenvalue weighted by atomic mass is 16.5. The minimum atomic E-state index is -0.453. The van der Waals surface area contributed by atoms with Gasteiger partial charge in [0.15, 0.2) is 5.76 Å². The van der Waals surface area contributed by atoms with Crippen LogP contribution in [-0.4, -0.2) is 42.2 Å². The molecule has 0 spiro atoms. The molecular weight excluding hydrogens is 348 g/mol. The molecule has 3 rings (SSSR count). The Morgan fingerprint density at radius 3 is 2.56 bits per heavy atom. The third-order valence-corrected chi connectivity index (χ3v) is 4.68. The SMILES string of the molecule is COc1coc(C(=O)NCc2ccc(CN3CCC(O)CC3)cc2)cc1=O. The predicted molar refractivity (Wildman–Crippen MR) is 99.7 cm³/mol. The van der Waals surface area contributed by atoms with Crippen LogP contribution in [0.5, 0.6) is 5.75 Å². The molecule has 0 atom stereocenters. The summed E-state index contributed by atoms with van der Waals surface area (Å²) in [5.74, 6) is -0.444. The lowest BCUT2D eigenvalue weighted by molar-refractivity contribution is 0.0792. The van der Waals surface area contributed by atoms with Gasteiger partial charge in [0.05, 0.1) is 13.2 Å².